The van der Waals surface area contributed by atoms with Gasteiger partial charge in [-0.05, 0) is 198 Å². The molecule has 0 bridgehead atoms. The van der Waals surface area contributed by atoms with E-state index in [0.717, 1.165) is 48.8 Å². The van der Waals surface area contributed by atoms with E-state index in [4.69, 9.17) is 0 Å². The van der Waals surface area contributed by atoms with Gasteiger partial charge in [0.05, 0.1) is 0 Å². The van der Waals surface area contributed by atoms with E-state index in [-0.39, 0.29) is 0 Å². The van der Waals surface area contributed by atoms with Crippen LogP contribution >= 0.6 is 0 Å². The Labute approximate surface area is 379 Å². The van der Waals surface area contributed by atoms with E-state index < -0.39 is 0 Å². The largest absolute Gasteiger partial charge is 0.0991 e. The zero-order chi connectivity index (χ0) is 43.4. The van der Waals surface area contributed by atoms with Gasteiger partial charge in [0.25, 0.3) is 0 Å². The van der Waals surface area contributed by atoms with Crippen molar-refractivity contribution in [3.8, 4) is 44.5 Å². The normalized spacial score (nSPS) is 13.5. The molecule has 8 aromatic rings. The molecule has 0 unspecified atom stereocenters. The van der Waals surface area contributed by atoms with Gasteiger partial charge in [-0.15, -0.1) is 0 Å². The van der Waals surface area contributed by atoms with Gasteiger partial charge in [-0.25, -0.2) is 0 Å². The molecule has 0 N–H and O–H groups in total. The number of rotatable bonds is 11. The Morgan fingerprint density at radius 2 is 1.25 bits per heavy atom. The van der Waals surface area contributed by atoms with Crippen LogP contribution in [0.5, 0.6) is 0 Å². The monoisotopic (exact) mass is 820 g/mol. The highest BCUT2D eigenvalue weighted by molar-refractivity contribution is 6.14. The van der Waals surface area contributed by atoms with Crippen LogP contribution in [0.1, 0.15) is 64.3 Å². The molecule has 0 radical (unpaired) electrons. The minimum Gasteiger partial charge on any atom is -0.0991 e. The third-order valence-electron chi connectivity index (χ3n) is 13.1. The molecule has 0 saturated heterocycles. The molecular formula is C64H52. The average molecular weight is 821 g/mol. The van der Waals surface area contributed by atoms with Gasteiger partial charge in [0.1, 0.15) is 0 Å². The van der Waals surface area contributed by atoms with Crippen LogP contribution in [0.2, 0.25) is 0 Å². The average Bonchev–Trinajstić information content (AvgIpc) is 3.36. The van der Waals surface area contributed by atoms with E-state index >= 15 is 0 Å². The van der Waals surface area contributed by atoms with E-state index in [9.17, 15) is 0 Å². The molecule has 0 spiro atoms. The molecule has 8 aromatic carbocycles. The topological polar surface area (TPSA) is 0 Å². The highest BCUT2D eigenvalue weighted by Gasteiger charge is 2.20. The predicted molar refractivity (Wildman–Crippen MR) is 280 cm³/mol. The van der Waals surface area contributed by atoms with Gasteiger partial charge in [0.15, 0.2) is 0 Å². The van der Waals surface area contributed by atoms with Gasteiger partial charge in [-0.3, -0.25) is 0 Å². The Bertz CT molecular complexity index is 3270. The first-order valence-corrected chi connectivity index (χ1v) is 22.7. The summed E-state index contributed by atoms with van der Waals surface area (Å²) in [6.45, 7) is 10.4. The molecule has 0 saturated carbocycles. The van der Waals surface area contributed by atoms with E-state index in [1.165, 1.54) is 93.9 Å². The zero-order valence-electron chi connectivity index (χ0n) is 36.7. The first-order valence-electron chi connectivity index (χ1n) is 22.7. The Balaban J connectivity index is 1.07. The van der Waals surface area contributed by atoms with Gasteiger partial charge in [-0.1, -0.05) is 183 Å². The fourth-order valence-corrected chi connectivity index (χ4v) is 9.88. The molecule has 0 heterocycles. The lowest BCUT2D eigenvalue weighted by Crippen LogP contribution is -2.07. The van der Waals surface area contributed by atoms with E-state index in [1.807, 2.05) is 24.3 Å². The number of fused-ring (bicyclic) bond motifs is 6. The van der Waals surface area contributed by atoms with Crippen LogP contribution in [0.3, 0.4) is 0 Å². The van der Waals surface area contributed by atoms with Crippen LogP contribution in [-0.4, -0.2) is 0 Å². The molecule has 64 heavy (non-hydrogen) atoms. The molecule has 0 atom stereocenters. The number of benzene rings is 8. The molecule has 0 amide bonds. The van der Waals surface area contributed by atoms with Crippen LogP contribution < -0.4 is 0 Å². The van der Waals surface area contributed by atoms with Crippen molar-refractivity contribution in [2.24, 2.45) is 0 Å². The second-order valence-corrected chi connectivity index (χ2v) is 17.2. The highest BCUT2D eigenvalue weighted by atomic mass is 14.2. The lowest BCUT2D eigenvalue weighted by molar-refractivity contribution is 0.906. The minimum absolute atomic E-state index is 0.837. The predicted octanol–water partition coefficient (Wildman–Crippen LogP) is 17.6. The Morgan fingerprint density at radius 1 is 0.531 bits per heavy atom. The fourth-order valence-electron chi connectivity index (χ4n) is 9.88. The van der Waals surface area contributed by atoms with Crippen molar-refractivity contribution >= 4 is 51.4 Å². The number of hydrogen-bond acceptors (Lipinski definition) is 0. The molecule has 308 valence electrons. The van der Waals surface area contributed by atoms with Gasteiger partial charge in [-0.2, -0.15) is 0 Å². The SMILES string of the molecule is C=C/C=C\C=C/Cc1cc(/C(C)=C/c2ccc(-c3cc(-c4ccccc4)cc(-c4cc5ccccc5c5ccccc45)c3)cc2C=C)cc(-c2cc3c(c4c2C=CCC4)CCC=C3)c1. The maximum atomic E-state index is 4.34. The quantitative estimate of drug-likeness (QED) is 0.0693. The van der Waals surface area contributed by atoms with Crippen LogP contribution in [0, 0.1) is 0 Å². The van der Waals surface area contributed by atoms with Gasteiger partial charge in [0.2, 0.25) is 0 Å². The molecule has 0 aromatic heterocycles. The maximum absolute atomic E-state index is 4.34. The second-order valence-electron chi connectivity index (χ2n) is 17.2. The van der Waals surface area contributed by atoms with Crippen molar-refractivity contribution in [2.45, 2.75) is 39.0 Å². The smallest absolute Gasteiger partial charge is 0.00939 e. The Kier molecular flexibility index (Phi) is 11.4. The molecule has 0 nitrogen and oxygen atoms in total. The first-order chi connectivity index (χ1) is 31.5. The maximum Gasteiger partial charge on any atom is -0.00939 e. The summed E-state index contributed by atoms with van der Waals surface area (Å²) in [5.41, 5.74) is 21.6. The Hall–Kier alpha value is -7.54. The van der Waals surface area contributed by atoms with Crippen molar-refractivity contribution in [3.05, 3.63) is 246 Å². The summed E-state index contributed by atoms with van der Waals surface area (Å²) in [6, 6.07) is 54.2. The Morgan fingerprint density at radius 3 is 2.08 bits per heavy atom. The van der Waals surface area contributed by atoms with Crippen molar-refractivity contribution in [1.29, 1.82) is 0 Å². The third kappa shape index (κ3) is 8.12. The summed E-state index contributed by atoms with van der Waals surface area (Å²) >= 11 is 0. The van der Waals surface area contributed by atoms with E-state index in [1.54, 1.807) is 5.56 Å². The van der Waals surface area contributed by atoms with Crippen LogP contribution in [0.4, 0.5) is 0 Å². The van der Waals surface area contributed by atoms with Crippen molar-refractivity contribution < 1.29 is 0 Å². The summed E-state index contributed by atoms with van der Waals surface area (Å²) in [5.74, 6) is 0. The summed E-state index contributed by atoms with van der Waals surface area (Å²) < 4.78 is 0. The molecule has 2 aliphatic carbocycles. The van der Waals surface area contributed by atoms with Gasteiger partial charge < -0.3 is 0 Å². The second kappa shape index (κ2) is 18.1. The highest BCUT2D eigenvalue weighted by Crippen LogP contribution is 2.41. The lowest BCUT2D eigenvalue weighted by atomic mass is 9.80. The van der Waals surface area contributed by atoms with Crippen molar-refractivity contribution in [2.75, 3.05) is 0 Å². The molecule has 10 rings (SSSR count). The van der Waals surface area contributed by atoms with Crippen molar-refractivity contribution in [1.82, 2.24) is 0 Å². The lowest BCUT2D eigenvalue weighted by Gasteiger charge is -2.24. The van der Waals surface area contributed by atoms with E-state index in [2.05, 4.69) is 208 Å². The summed E-state index contributed by atoms with van der Waals surface area (Å²) in [7, 11) is 0. The first kappa shape index (κ1) is 40.5. The molecule has 0 fully saturated rings. The van der Waals surface area contributed by atoms with Gasteiger partial charge >= 0.3 is 0 Å². The summed E-state index contributed by atoms with van der Waals surface area (Å²) in [5, 5.41) is 5.05. The molecule has 0 aliphatic heterocycles. The number of hydrogen-bond donors (Lipinski definition) is 0. The van der Waals surface area contributed by atoms with Crippen LogP contribution in [0.15, 0.2) is 201 Å². The summed E-state index contributed by atoms with van der Waals surface area (Å²) in [6.07, 6.45) is 29.2. The zero-order valence-corrected chi connectivity index (χ0v) is 36.7. The fraction of sp³-hybridized carbons (Fsp3) is 0.0938. The van der Waals surface area contributed by atoms with Crippen LogP contribution in [-0.2, 0) is 19.3 Å². The summed E-state index contributed by atoms with van der Waals surface area (Å²) in [4.78, 5) is 0. The minimum atomic E-state index is 0.837. The molecule has 0 heteroatoms. The molecular weight excluding hydrogens is 769 g/mol. The number of allylic oxidation sites excluding steroid dienone is 8. The van der Waals surface area contributed by atoms with Crippen LogP contribution in [0.25, 0.3) is 95.9 Å². The van der Waals surface area contributed by atoms with Crippen molar-refractivity contribution in [3.63, 3.8) is 0 Å². The third-order valence-corrected chi connectivity index (χ3v) is 13.1. The van der Waals surface area contributed by atoms with E-state index in [0.29, 0.717) is 0 Å². The molecule has 2 aliphatic rings. The van der Waals surface area contributed by atoms with Gasteiger partial charge in [0, 0.05) is 0 Å². The standard InChI is InChI=1S/C64H52/c1-4-6-7-8-10-21-45-35-52(38-55(36-45)63-42-50-24-13-15-26-57(50)59-28-17-19-30-61(59)63)44(3)34-48-32-33-49(37-46(48)5-2)54-39-53(47-22-11-9-12-23-47)40-56(41-54)64-43-51-25-14-16-27-58(51)60-29-18-20-31-62(60)64/h4-14,16,18-20,22-25,27,29-43H,1-2,15,17,21,26,28H2,3H3/b7-6-,10-8-,44-34+.